The molecule has 0 saturated heterocycles. The van der Waals surface area contributed by atoms with Crippen LogP contribution in [0.15, 0.2) is 0 Å². The zero-order valence-electron chi connectivity index (χ0n) is 12.8. The fraction of sp³-hybridized carbons (Fsp3) is 0.867. The summed E-state index contributed by atoms with van der Waals surface area (Å²) in [5, 5.41) is 5.98. The van der Waals surface area contributed by atoms with E-state index >= 15 is 0 Å². The fourth-order valence-electron chi connectivity index (χ4n) is 2.14. The molecule has 1 atom stereocenters. The summed E-state index contributed by atoms with van der Waals surface area (Å²) in [5.74, 6) is 0.496. The maximum Gasteiger partial charge on any atom is 0.234 e. The van der Waals surface area contributed by atoms with Crippen LogP contribution in [-0.4, -0.2) is 47.9 Å². The van der Waals surface area contributed by atoms with Crippen LogP contribution in [0.1, 0.15) is 46.5 Å². The van der Waals surface area contributed by atoms with E-state index in [0.717, 1.165) is 25.7 Å². The second kappa shape index (κ2) is 6.57. The van der Waals surface area contributed by atoms with Gasteiger partial charge in [0.1, 0.15) is 0 Å². The lowest BCUT2D eigenvalue weighted by Gasteiger charge is -2.30. The van der Waals surface area contributed by atoms with E-state index in [1.165, 1.54) is 0 Å². The molecule has 1 unspecified atom stereocenters. The molecule has 0 bridgehead atoms. The van der Waals surface area contributed by atoms with E-state index in [-0.39, 0.29) is 17.9 Å². The normalized spacial score (nSPS) is 20.1. The minimum absolute atomic E-state index is 0.0409. The molecule has 2 aliphatic carbocycles. The molecular formula is C15H27N3O2. The highest BCUT2D eigenvalue weighted by Gasteiger charge is 2.28. The van der Waals surface area contributed by atoms with Crippen molar-refractivity contribution >= 4 is 11.8 Å². The third kappa shape index (κ3) is 5.12. The lowest BCUT2D eigenvalue weighted by atomic mass is 10.0. The highest BCUT2D eigenvalue weighted by molar-refractivity contribution is 5.81. The molecule has 2 saturated carbocycles. The van der Waals surface area contributed by atoms with Crippen LogP contribution in [0.3, 0.4) is 0 Å². The molecule has 20 heavy (non-hydrogen) atoms. The van der Waals surface area contributed by atoms with Crippen molar-refractivity contribution in [2.75, 3.05) is 13.1 Å². The second-order valence-electron chi connectivity index (χ2n) is 6.57. The van der Waals surface area contributed by atoms with Gasteiger partial charge in [0.15, 0.2) is 0 Å². The molecule has 5 nitrogen and oxygen atoms in total. The molecule has 0 radical (unpaired) electrons. The predicted octanol–water partition coefficient (Wildman–Crippen LogP) is 0.890. The van der Waals surface area contributed by atoms with Gasteiger partial charge in [-0.05, 0) is 38.5 Å². The second-order valence-corrected chi connectivity index (χ2v) is 6.57. The van der Waals surface area contributed by atoms with E-state index in [1.807, 2.05) is 4.90 Å². The molecule has 5 heteroatoms. The van der Waals surface area contributed by atoms with Crippen LogP contribution in [0, 0.1) is 5.92 Å². The largest absolute Gasteiger partial charge is 0.352 e. The van der Waals surface area contributed by atoms with Gasteiger partial charge in [-0.3, -0.25) is 14.5 Å². The van der Waals surface area contributed by atoms with Gasteiger partial charge in [-0.2, -0.15) is 0 Å². The Balaban J connectivity index is 1.84. The van der Waals surface area contributed by atoms with Crippen molar-refractivity contribution in [1.29, 1.82) is 0 Å². The first kappa shape index (κ1) is 15.3. The van der Waals surface area contributed by atoms with Gasteiger partial charge in [-0.1, -0.05) is 13.8 Å². The summed E-state index contributed by atoms with van der Waals surface area (Å²) in [7, 11) is 0. The number of nitrogens with one attached hydrogen (secondary N) is 2. The average Bonchev–Trinajstić information content (AvgIpc) is 3.23. The molecule has 2 amide bonds. The Morgan fingerprint density at radius 2 is 1.35 bits per heavy atom. The number of carbonyl (C=O) groups excluding carboxylic acids is 2. The predicted molar refractivity (Wildman–Crippen MR) is 78.2 cm³/mol. The van der Waals surface area contributed by atoms with E-state index in [9.17, 15) is 9.59 Å². The fourth-order valence-corrected chi connectivity index (χ4v) is 2.14. The Morgan fingerprint density at radius 3 is 1.65 bits per heavy atom. The summed E-state index contributed by atoms with van der Waals surface area (Å²) in [5.41, 5.74) is 0. The van der Waals surface area contributed by atoms with Crippen LogP contribution in [0.5, 0.6) is 0 Å². The molecule has 2 fully saturated rings. The van der Waals surface area contributed by atoms with Crippen molar-refractivity contribution in [2.45, 2.75) is 64.6 Å². The van der Waals surface area contributed by atoms with Gasteiger partial charge < -0.3 is 10.6 Å². The summed E-state index contributed by atoms with van der Waals surface area (Å²) in [6.45, 7) is 6.95. The molecule has 2 aliphatic rings. The van der Waals surface area contributed by atoms with Crippen LogP contribution in [0.2, 0.25) is 0 Å². The summed E-state index contributed by atoms with van der Waals surface area (Å²) in [4.78, 5) is 25.9. The van der Waals surface area contributed by atoms with E-state index in [2.05, 4.69) is 31.4 Å². The SMILES string of the molecule is CC(C)C(C)N(CC(=O)NC1CC1)CC(=O)NC1CC1. The molecule has 0 aliphatic heterocycles. The van der Waals surface area contributed by atoms with Crippen molar-refractivity contribution in [3.63, 3.8) is 0 Å². The van der Waals surface area contributed by atoms with Crippen LogP contribution < -0.4 is 10.6 Å². The lowest BCUT2D eigenvalue weighted by Crippen LogP contribution is -2.48. The van der Waals surface area contributed by atoms with Crippen LogP contribution in [-0.2, 0) is 9.59 Å². The van der Waals surface area contributed by atoms with Gasteiger partial charge in [0.2, 0.25) is 11.8 Å². The van der Waals surface area contributed by atoms with Crippen LogP contribution >= 0.6 is 0 Å². The van der Waals surface area contributed by atoms with E-state index in [0.29, 0.717) is 31.1 Å². The Kier molecular flexibility index (Phi) is 5.02. The third-order valence-electron chi connectivity index (χ3n) is 4.12. The molecule has 2 N–H and O–H groups in total. The summed E-state index contributed by atoms with van der Waals surface area (Å²) >= 11 is 0. The summed E-state index contributed by atoms with van der Waals surface area (Å²) in [6, 6.07) is 0.961. The average molecular weight is 281 g/mol. The Hall–Kier alpha value is -1.10. The third-order valence-corrected chi connectivity index (χ3v) is 4.12. The molecule has 0 aromatic heterocycles. The maximum absolute atomic E-state index is 12.0. The first-order chi connectivity index (χ1) is 9.45. The molecule has 0 aromatic rings. The van der Waals surface area contributed by atoms with Crippen molar-refractivity contribution in [1.82, 2.24) is 15.5 Å². The Bertz CT molecular complexity index is 334. The molecule has 114 valence electrons. The Labute approximate surface area is 121 Å². The number of hydrogen-bond donors (Lipinski definition) is 2. The zero-order valence-corrected chi connectivity index (χ0v) is 12.8. The lowest BCUT2D eigenvalue weighted by molar-refractivity contribution is -0.126. The molecular weight excluding hydrogens is 254 g/mol. The van der Waals surface area contributed by atoms with Gasteiger partial charge >= 0.3 is 0 Å². The Morgan fingerprint density at radius 1 is 0.950 bits per heavy atom. The molecule has 0 aromatic carbocycles. The van der Waals surface area contributed by atoms with E-state index in [4.69, 9.17) is 0 Å². The minimum Gasteiger partial charge on any atom is -0.352 e. The first-order valence-electron chi connectivity index (χ1n) is 7.78. The van der Waals surface area contributed by atoms with Crippen LogP contribution in [0.25, 0.3) is 0 Å². The first-order valence-corrected chi connectivity index (χ1v) is 7.78. The van der Waals surface area contributed by atoms with Crippen molar-refractivity contribution in [2.24, 2.45) is 5.92 Å². The summed E-state index contributed by atoms with van der Waals surface area (Å²) < 4.78 is 0. The minimum atomic E-state index is 0.0409. The standard InChI is InChI=1S/C15H27N3O2/c1-10(2)11(3)18(8-14(19)16-12-4-5-12)9-15(20)17-13-6-7-13/h10-13H,4-9H2,1-3H3,(H,16,19)(H,17,20). The highest BCUT2D eigenvalue weighted by Crippen LogP contribution is 2.19. The van der Waals surface area contributed by atoms with Crippen LogP contribution in [0.4, 0.5) is 0 Å². The number of hydrogen-bond acceptors (Lipinski definition) is 3. The van der Waals surface area contributed by atoms with Gasteiger partial charge in [0, 0.05) is 18.1 Å². The monoisotopic (exact) mass is 281 g/mol. The molecule has 2 rings (SSSR count). The van der Waals surface area contributed by atoms with Crippen molar-refractivity contribution in [3.8, 4) is 0 Å². The number of rotatable bonds is 8. The number of carbonyl (C=O) groups is 2. The van der Waals surface area contributed by atoms with Gasteiger partial charge in [-0.25, -0.2) is 0 Å². The van der Waals surface area contributed by atoms with Crippen molar-refractivity contribution < 1.29 is 9.59 Å². The molecule has 0 heterocycles. The number of amides is 2. The van der Waals surface area contributed by atoms with E-state index in [1.54, 1.807) is 0 Å². The van der Waals surface area contributed by atoms with Gasteiger partial charge in [-0.15, -0.1) is 0 Å². The highest BCUT2D eigenvalue weighted by atomic mass is 16.2. The quantitative estimate of drug-likeness (QED) is 0.694. The summed E-state index contributed by atoms with van der Waals surface area (Å²) in [6.07, 6.45) is 4.36. The smallest absolute Gasteiger partial charge is 0.234 e. The topological polar surface area (TPSA) is 61.4 Å². The van der Waals surface area contributed by atoms with Crippen molar-refractivity contribution in [3.05, 3.63) is 0 Å². The van der Waals surface area contributed by atoms with Gasteiger partial charge in [0.25, 0.3) is 0 Å². The van der Waals surface area contributed by atoms with Gasteiger partial charge in [0.05, 0.1) is 13.1 Å². The van der Waals surface area contributed by atoms with E-state index < -0.39 is 0 Å². The maximum atomic E-state index is 12.0. The number of nitrogens with zero attached hydrogens (tertiary/aromatic N) is 1. The zero-order chi connectivity index (χ0) is 14.7. The molecule has 0 spiro atoms.